The number of benzene rings is 2. The van der Waals surface area contributed by atoms with Crippen molar-refractivity contribution in [2.24, 2.45) is 0 Å². The van der Waals surface area contributed by atoms with Crippen LogP contribution < -0.4 is 10.6 Å². The molecule has 0 spiro atoms. The summed E-state index contributed by atoms with van der Waals surface area (Å²) in [5, 5.41) is 6.01. The Morgan fingerprint density at radius 3 is 2.70 bits per heavy atom. The van der Waals surface area contributed by atoms with E-state index in [1.807, 2.05) is 56.3 Å². The third kappa shape index (κ3) is 5.08. The van der Waals surface area contributed by atoms with Gasteiger partial charge in [-0.1, -0.05) is 28.1 Å². The molecule has 1 unspecified atom stereocenters. The molecule has 2 N–H and O–H groups in total. The molecule has 0 aromatic heterocycles. The second-order valence-electron chi connectivity index (χ2n) is 5.37. The number of rotatable bonds is 6. The fraction of sp³-hybridized carbons (Fsp3) is 0.278. The van der Waals surface area contributed by atoms with Gasteiger partial charge in [0.2, 0.25) is 5.91 Å². The fourth-order valence-electron chi connectivity index (χ4n) is 2.15. The van der Waals surface area contributed by atoms with Crippen molar-refractivity contribution in [3.63, 3.8) is 0 Å². The molecule has 0 saturated carbocycles. The average molecular weight is 377 g/mol. The Kier molecular flexibility index (Phi) is 6.19. The molecule has 5 heteroatoms. The predicted molar refractivity (Wildman–Crippen MR) is 97.9 cm³/mol. The Morgan fingerprint density at radius 2 is 2.00 bits per heavy atom. The van der Waals surface area contributed by atoms with E-state index in [0.717, 1.165) is 27.0 Å². The maximum Gasteiger partial charge on any atom is 0.243 e. The summed E-state index contributed by atoms with van der Waals surface area (Å²) in [6, 6.07) is 13.6. The first kappa shape index (κ1) is 17.5. The summed E-state index contributed by atoms with van der Waals surface area (Å²) in [4.78, 5) is 12.0. The SMILES string of the molecule is COC(C)c1cccc(NCC(=O)Nc2ccc(Br)c(C)c2)c1. The summed E-state index contributed by atoms with van der Waals surface area (Å²) >= 11 is 3.45. The molecule has 0 bridgehead atoms. The molecule has 0 aliphatic rings. The van der Waals surface area contributed by atoms with Gasteiger partial charge < -0.3 is 15.4 Å². The number of carbonyl (C=O) groups excluding carboxylic acids is 1. The van der Waals surface area contributed by atoms with Crippen LogP contribution in [0.25, 0.3) is 0 Å². The van der Waals surface area contributed by atoms with E-state index in [0.29, 0.717) is 0 Å². The number of anilines is 2. The molecule has 0 saturated heterocycles. The van der Waals surface area contributed by atoms with E-state index in [4.69, 9.17) is 4.74 Å². The number of ether oxygens (including phenoxy) is 1. The highest BCUT2D eigenvalue weighted by Gasteiger charge is 2.06. The molecule has 2 rings (SSSR count). The lowest BCUT2D eigenvalue weighted by Crippen LogP contribution is -2.21. The van der Waals surface area contributed by atoms with Crippen molar-refractivity contribution in [1.82, 2.24) is 0 Å². The van der Waals surface area contributed by atoms with Crippen molar-refractivity contribution in [2.75, 3.05) is 24.3 Å². The Balaban J connectivity index is 1.92. The highest BCUT2D eigenvalue weighted by Crippen LogP contribution is 2.21. The van der Waals surface area contributed by atoms with Gasteiger partial charge in [0, 0.05) is 23.0 Å². The first-order valence-corrected chi connectivity index (χ1v) is 8.21. The largest absolute Gasteiger partial charge is 0.377 e. The molecule has 0 radical (unpaired) electrons. The number of amides is 1. The van der Waals surface area contributed by atoms with Crippen LogP contribution in [0.5, 0.6) is 0 Å². The number of carbonyl (C=O) groups is 1. The molecule has 1 amide bonds. The third-order valence-electron chi connectivity index (χ3n) is 3.60. The van der Waals surface area contributed by atoms with Crippen LogP contribution in [0.1, 0.15) is 24.2 Å². The van der Waals surface area contributed by atoms with Gasteiger partial charge in [0.05, 0.1) is 12.6 Å². The molecule has 0 heterocycles. The second-order valence-corrected chi connectivity index (χ2v) is 6.22. The van der Waals surface area contributed by atoms with Gasteiger partial charge in [-0.05, 0) is 55.3 Å². The monoisotopic (exact) mass is 376 g/mol. The molecular formula is C18H21BrN2O2. The topological polar surface area (TPSA) is 50.4 Å². The molecule has 0 aliphatic heterocycles. The minimum absolute atomic E-state index is 0.0244. The van der Waals surface area contributed by atoms with E-state index >= 15 is 0 Å². The van der Waals surface area contributed by atoms with Crippen molar-refractivity contribution in [3.8, 4) is 0 Å². The van der Waals surface area contributed by atoms with E-state index in [2.05, 4.69) is 26.6 Å². The fourth-order valence-corrected chi connectivity index (χ4v) is 2.39. The van der Waals surface area contributed by atoms with Crippen molar-refractivity contribution >= 4 is 33.2 Å². The van der Waals surface area contributed by atoms with E-state index in [1.54, 1.807) is 7.11 Å². The van der Waals surface area contributed by atoms with E-state index in [-0.39, 0.29) is 18.6 Å². The number of hydrogen-bond acceptors (Lipinski definition) is 3. The summed E-state index contributed by atoms with van der Waals surface area (Å²) in [6.45, 7) is 4.18. The molecule has 23 heavy (non-hydrogen) atoms. The van der Waals surface area contributed by atoms with E-state index in [9.17, 15) is 4.79 Å². The van der Waals surface area contributed by atoms with Crippen LogP contribution >= 0.6 is 15.9 Å². The molecule has 4 nitrogen and oxygen atoms in total. The molecule has 0 fully saturated rings. The maximum absolute atomic E-state index is 12.0. The van der Waals surface area contributed by atoms with E-state index < -0.39 is 0 Å². The quantitative estimate of drug-likeness (QED) is 0.779. The maximum atomic E-state index is 12.0. The zero-order valence-electron chi connectivity index (χ0n) is 13.5. The summed E-state index contributed by atoms with van der Waals surface area (Å²) in [5.41, 5.74) is 3.84. The van der Waals surface area contributed by atoms with Crippen LogP contribution in [-0.2, 0) is 9.53 Å². The van der Waals surface area contributed by atoms with Crippen molar-refractivity contribution in [3.05, 3.63) is 58.1 Å². The van der Waals surface area contributed by atoms with Crippen molar-refractivity contribution < 1.29 is 9.53 Å². The highest BCUT2D eigenvalue weighted by molar-refractivity contribution is 9.10. The number of aryl methyl sites for hydroxylation is 1. The number of halogens is 1. The van der Waals surface area contributed by atoms with Crippen LogP contribution in [0.2, 0.25) is 0 Å². The lowest BCUT2D eigenvalue weighted by Gasteiger charge is -2.13. The van der Waals surface area contributed by atoms with Gasteiger partial charge in [0.1, 0.15) is 0 Å². The zero-order chi connectivity index (χ0) is 16.8. The summed E-state index contributed by atoms with van der Waals surface area (Å²) < 4.78 is 6.33. The first-order chi connectivity index (χ1) is 11.0. The molecule has 1 atom stereocenters. The highest BCUT2D eigenvalue weighted by atomic mass is 79.9. The minimum atomic E-state index is -0.0862. The Morgan fingerprint density at radius 1 is 1.22 bits per heavy atom. The third-order valence-corrected chi connectivity index (χ3v) is 4.49. The van der Waals surface area contributed by atoms with Crippen LogP contribution in [0.4, 0.5) is 11.4 Å². The number of nitrogens with one attached hydrogen (secondary N) is 2. The molecule has 0 aliphatic carbocycles. The molecule has 2 aromatic rings. The van der Waals surface area contributed by atoms with Gasteiger partial charge in [-0.2, -0.15) is 0 Å². The summed E-state index contributed by atoms with van der Waals surface area (Å²) in [5.74, 6) is -0.0862. The summed E-state index contributed by atoms with van der Waals surface area (Å²) in [6.07, 6.45) is 0.0244. The molecular weight excluding hydrogens is 356 g/mol. The van der Waals surface area contributed by atoms with Gasteiger partial charge in [0.15, 0.2) is 0 Å². The average Bonchev–Trinajstić information content (AvgIpc) is 2.56. The molecule has 2 aromatic carbocycles. The van der Waals surface area contributed by atoms with Gasteiger partial charge in [0.25, 0.3) is 0 Å². The number of methoxy groups -OCH3 is 1. The van der Waals surface area contributed by atoms with Crippen LogP contribution in [0, 0.1) is 6.92 Å². The van der Waals surface area contributed by atoms with Crippen LogP contribution in [0.15, 0.2) is 46.9 Å². The lowest BCUT2D eigenvalue weighted by atomic mass is 10.1. The van der Waals surface area contributed by atoms with Crippen molar-refractivity contribution in [2.45, 2.75) is 20.0 Å². The number of hydrogen-bond donors (Lipinski definition) is 2. The Labute approximate surface area is 145 Å². The van der Waals surface area contributed by atoms with Gasteiger partial charge in [-0.25, -0.2) is 0 Å². The zero-order valence-corrected chi connectivity index (χ0v) is 15.1. The van der Waals surface area contributed by atoms with Gasteiger partial charge in [-0.3, -0.25) is 4.79 Å². The lowest BCUT2D eigenvalue weighted by molar-refractivity contribution is -0.114. The van der Waals surface area contributed by atoms with Gasteiger partial charge in [-0.15, -0.1) is 0 Å². The molecule has 122 valence electrons. The first-order valence-electron chi connectivity index (χ1n) is 7.42. The van der Waals surface area contributed by atoms with Crippen LogP contribution in [-0.4, -0.2) is 19.6 Å². The Hall–Kier alpha value is -1.85. The minimum Gasteiger partial charge on any atom is -0.377 e. The smallest absolute Gasteiger partial charge is 0.243 e. The van der Waals surface area contributed by atoms with Crippen molar-refractivity contribution in [1.29, 1.82) is 0 Å². The normalized spacial score (nSPS) is 11.8. The van der Waals surface area contributed by atoms with Gasteiger partial charge >= 0.3 is 0 Å². The second kappa shape index (κ2) is 8.13. The Bertz CT molecular complexity index is 688. The van der Waals surface area contributed by atoms with Crippen LogP contribution in [0.3, 0.4) is 0 Å². The standard InChI is InChI=1S/C18H21BrN2O2/c1-12-9-16(7-8-17(12)19)21-18(22)11-20-15-6-4-5-14(10-15)13(2)23-3/h4-10,13,20H,11H2,1-3H3,(H,21,22). The van der Waals surface area contributed by atoms with E-state index in [1.165, 1.54) is 0 Å². The summed E-state index contributed by atoms with van der Waals surface area (Å²) in [7, 11) is 1.68. The predicted octanol–water partition coefficient (Wildman–Crippen LogP) is 4.52.